The Kier molecular flexibility index (Phi) is 4.62. The molecule has 0 aromatic rings. The minimum atomic E-state index is -0.145. The van der Waals surface area contributed by atoms with Crippen LogP contribution in [0, 0.1) is 11.3 Å². The van der Waals surface area contributed by atoms with Crippen LogP contribution in [0.25, 0.3) is 0 Å². The summed E-state index contributed by atoms with van der Waals surface area (Å²) in [6, 6.07) is 0. The summed E-state index contributed by atoms with van der Waals surface area (Å²) in [5.74, 6) is 0.589. The van der Waals surface area contributed by atoms with Crippen LogP contribution < -0.4 is 0 Å². The maximum absolute atomic E-state index is 12.7. The van der Waals surface area contributed by atoms with E-state index in [2.05, 4.69) is 0 Å². The normalized spacial score (nSPS) is 26.8. The van der Waals surface area contributed by atoms with E-state index in [4.69, 9.17) is 4.74 Å². The van der Waals surface area contributed by atoms with Crippen LogP contribution in [0.1, 0.15) is 38.5 Å². The number of piperidine rings is 1. The first-order chi connectivity index (χ1) is 8.72. The van der Waals surface area contributed by atoms with E-state index in [1.54, 1.807) is 7.11 Å². The molecule has 1 saturated heterocycles. The van der Waals surface area contributed by atoms with Crippen LogP contribution in [0.15, 0.2) is 0 Å². The van der Waals surface area contributed by atoms with Crippen molar-refractivity contribution in [3.63, 3.8) is 0 Å². The van der Waals surface area contributed by atoms with Crippen molar-refractivity contribution in [2.45, 2.75) is 38.5 Å². The molecule has 4 heteroatoms. The lowest BCUT2D eigenvalue weighted by Crippen LogP contribution is -2.51. The van der Waals surface area contributed by atoms with Crippen LogP contribution in [0.4, 0.5) is 0 Å². The van der Waals surface area contributed by atoms with E-state index in [1.807, 2.05) is 4.90 Å². The molecule has 1 amide bonds. The number of aliphatic hydroxyl groups is 1. The quantitative estimate of drug-likeness (QED) is 0.808. The molecule has 1 atom stereocenters. The molecule has 104 valence electrons. The van der Waals surface area contributed by atoms with Gasteiger partial charge in [-0.2, -0.15) is 0 Å². The first-order valence-electron chi connectivity index (χ1n) is 7.11. The first-order valence-corrected chi connectivity index (χ1v) is 7.11. The lowest BCUT2D eigenvalue weighted by Gasteiger charge is -2.45. The molecule has 4 nitrogen and oxygen atoms in total. The second-order valence-corrected chi connectivity index (χ2v) is 5.82. The zero-order valence-electron chi connectivity index (χ0n) is 11.4. The van der Waals surface area contributed by atoms with Crippen LogP contribution in [0.2, 0.25) is 0 Å². The lowest BCUT2D eigenvalue weighted by molar-refractivity contribution is -0.151. The van der Waals surface area contributed by atoms with Gasteiger partial charge in [-0.05, 0) is 38.0 Å². The SMILES string of the molecule is COCCC1(C(=O)N2CCCC(CO)C2)CCC1. The minimum absolute atomic E-state index is 0.145. The van der Waals surface area contributed by atoms with Crippen molar-refractivity contribution >= 4 is 5.91 Å². The smallest absolute Gasteiger partial charge is 0.228 e. The van der Waals surface area contributed by atoms with Crippen molar-refractivity contribution in [2.75, 3.05) is 33.4 Å². The van der Waals surface area contributed by atoms with Gasteiger partial charge < -0.3 is 14.7 Å². The molecule has 2 fully saturated rings. The fourth-order valence-electron chi connectivity index (χ4n) is 3.21. The van der Waals surface area contributed by atoms with Gasteiger partial charge in [-0.3, -0.25) is 4.79 Å². The van der Waals surface area contributed by atoms with Gasteiger partial charge in [0.05, 0.1) is 5.41 Å². The number of aliphatic hydroxyl groups excluding tert-OH is 1. The fourth-order valence-corrected chi connectivity index (χ4v) is 3.21. The molecule has 1 aliphatic heterocycles. The molecular weight excluding hydrogens is 230 g/mol. The molecule has 0 spiro atoms. The van der Waals surface area contributed by atoms with Gasteiger partial charge in [-0.15, -0.1) is 0 Å². The summed E-state index contributed by atoms with van der Waals surface area (Å²) in [5.41, 5.74) is -0.145. The molecule has 0 aromatic carbocycles. The molecule has 0 aromatic heterocycles. The lowest BCUT2D eigenvalue weighted by atomic mass is 9.65. The number of amides is 1. The van der Waals surface area contributed by atoms with Crippen molar-refractivity contribution in [1.29, 1.82) is 0 Å². The number of nitrogens with zero attached hydrogens (tertiary/aromatic N) is 1. The Morgan fingerprint density at radius 2 is 2.22 bits per heavy atom. The molecule has 1 unspecified atom stereocenters. The predicted octanol–water partition coefficient (Wildman–Crippen LogP) is 1.42. The Bertz CT molecular complexity index is 289. The average molecular weight is 255 g/mol. The van der Waals surface area contributed by atoms with Crippen molar-refractivity contribution in [2.24, 2.45) is 11.3 Å². The van der Waals surface area contributed by atoms with Crippen molar-refractivity contribution in [3.05, 3.63) is 0 Å². The summed E-state index contributed by atoms with van der Waals surface area (Å²) in [5, 5.41) is 9.25. The van der Waals surface area contributed by atoms with Gasteiger partial charge in [0.25, 0.3) is 0 Å². The highest BCUT2D eigenvalue weighted by atomic mass is 16.5. The molecule has 2 aliphatic rings. The Morgan fingerprint density at radius 3 is 2.78 bits per heavy atom. The van der Waals surface area contributed by atoms with E-state index in [1.165, 1.54) is 0 Å². The molecule has 1 N–H and O–H groups in total. The Labute approximate surface area is 109 Å². The number of rotatable bonds is 5. The average Bonchev–Trinajstić information content (AvgIpc) is 2.37. The molecular formula is C14H25NO3. The topological polar surface area (TPSA) is 49.8 Å². The van der Waals surface area contributed by atoms with Gasteiger partial charge in [0.15, 0.2) is 0 Å². The Balaban J connectivity index is 1.96. The maximum Gasteiger partial charge on any atom is 0.228 e. The summed E-state index contributed by atoms with van der Waals surface area (Å²) in [4.78, 5) is 14.6. The highest BCUT2D eigenvalue weighted by molar-refractivity contribution is 5.83. The Morgan fingerprint density at radius 1 is 1.44 bits per heavy atom. The number of methoxy groups -OCH3 is 1. The minimum Gasteiger partial charge on any atom is -0.396 e. The van der Waals surface area contributed by atoms with Gasteiger partial charge in [0.1, 0.15) is 0 Å². The largest absolute Gasteiger partial charge is 0.396 e. The summed E-state index contributed by atoms with van der Waals surface area (Å²) in [7, 11) is 1.69. The highest BCUT2D eigenvalue weighted by Crippen LogP contribution is 2.46. The second-order valence-electron chi connectivity index (χ2n) is 5.82. The summed E-state index contributed by atoms with van der Waals surface area (Å²) in [6.07, 6.45) is 6.10. The number of hydrogen-bond donors (Lipinski definition) is 1. The summed E-state index contributed by atoms with van der Waals surface area (Å²) < 4.78 is 5.14. The molecule has 1 aliphatic carbocycles. The fraction of sp³-hybridized carbons (Fsp3) is 0.929. The zero-order chi connectivity index (χ0) is 13.0. The zero-order valence-corrected chi connectivity index (χ0v) is 11.4. The Hall–Kier alpha value is -0.610. The number of ether oxygens (including phenoxy) is 1. The second kappa shape index (κ2) is 6.02. The van der Waals surface area contributed by atoms with Gasteiger partial charge >= 0.3 is 0 Å². The third-order valence-corrected chi connectivity index (χ3v) is 4.61. The molecule has 2 rings (SSSR count). The predicted molar refractivity (Wildman–Crippen MR) is 69.2 cm³/mol. The van der Waals surface area contributed by atoms with Crippen LogP contribution >= 0.6 is 0 Å². The van der Waals surface area contributed by atoms with Crippen LogP contribution in [0.5, 0.6) is 0 Å². The van der Waals surface area contributed by atoms with Crippen LogP contribution in [0.3, 0.4) is 0 Å². The number of likely N-dealkylation sites (tertiary alicyclic amines) is 1. The van der Waals surface area contributed by atoms with E-state index < -0.39 is 0 Å². The van der Waals surface area contributed by atoms with Crippen LogP contribution in [-0.4, -0.2) is 49.3 Å². The highest BCUT2D eigenvalue weighted by Gasteiger charge is 2.46. The van der Waals surface area contributed by atoms with Crippen molar-refractivity contribution in [3.8, 4) is 0 Å². The van der Waals surface area contributed by atoms with E-state index >= 15 is 0 Å². The van der Waals surface area contributed by atoms with Gasteiger partial charge in [-0.1, -0.05) is 6.42 Å². The molecule has 0 bridgehead atoms. The third kappa shape index (κ3) is 2.69. The third-order valence-electron chi connectivity index (χ3n) is 4.61. The van der Waals surface area contributed by atoms with Gasteiger partial charge in [0, 0.05) is 33.4 Å². The summed E-state index contributed by atoms with van der Waals surface area (Å²) >= 11 is 0. The van der Waals surface area contributed by atoms with E-state index in [0.29, 0.717) is 12.5 Å². The number of carbonyl (C=O) groups excluding carboxylic acids is 1. The van der Waals surface area contributed by atoms with Crippen molar-refractivity contribution < 1.29 is 14.6 Å². The molecule has 1 heterocycles. The van der Waals surface area contributed by atoms with Crippen molar-refractivity contribution in [1.82, 2.24) is 4.90 Å². The van der Waals surface area contributed by atoms with Gasteiger partial charge in [0.2, 0.25) is 5.91 Å². The van der Waals surface area contributed by atoms with E-state index in [9.17, 15) is 9.90 Å². The van der Waals surface area contributed by atoms with E-state index in [0.717, 1.165) is 51.6 Å². The molecule has 1 saturated carbocycles. The maximum atomic E-state index is 12.7. The molecule has 18 heavy (non-hydrogen) atoms. The monoisotopic (exact) mass is 255 g/mol. The number of hydrogen-bond acceptors (Lipinski definition) is 3. The van der Waals surface area contributed by atoms with E-state index in [-0.39, 0.29) is 17.9 Å². The molecule has 0 radical (unpaired) electrons. The number of carbonyl (C=O) groups is 1. The first kappa shape index (κ1) is 13.8. The summed E-state index contributed by atoms with van der Waals surface area (Å²) in [6.45, 7) is 2.48. The van der Waals surface area contributed by atoms with Crippen LogP contribution in [-0.2, 0) is 9.53 Å². The standard InChI is InChI=1S/C14H25NO3/c1-18-9-7-14(5-3-6-14)13(17)15-8-2-4-12(10-15)11-16/h12,16H,2-11H2,1H3. The van der Waals surface area contributed by atoms with Gasteiger partial charge in [-0.25, -0.2) is 0 Å².